The largest absolute Gasteiger partial charge is 0.312 e. The SMILES string of the molecule is CCCN(C)S(=O)(=O)c1cc(CNCC)sc1Br. The predicted octanol–water partition coefficient (Wildman–Crippen LogP) is 2.65. The number of rotatable bonds is 7. The van der Waals surface area contributed by atoms with E-state index in [2.05, 4.69) is 21.2 Å². The molecule has 0 spiro atoms. The minimum Gasteiger partial charge on any atom is -0.312 e. The number of sulfonamides is 1. The maximum atomic E-state index is 12.3. The molecule has 0 atom stereocenters. The lowest BCUT2D eigenvalue weighted by molar-refractivity contribution is 0.468. The number of nitrogens with one attached hydrogen (secondary N) is 1. The fourth-order valence-corrected chi connectivity index (χ4v) is 5.37. The zero-order valence-electron chi connectivity index (χ0n) is 10.9. The molecule has 0 aromatic carbocycles. The summed E-state index contributed by atoms with van der Waals surface area (Å²) < 4.78 is 26.7. The smallest absolute Gasteiger partial charge is 0.244 e. The van der Waals surface area contributed by atoms with Crippen LogP contribution in [0.3, 0.4) is 0 Å². The summed E-state index contributed by atoms with van der Waals surface area (Å²) >= 11 is 4.81. The maximum absolute atomic E-state index is 12.3. The third-order valence-corrected chi connectivity index (χ3v) is 6.59. The fraction of sp³-hybridized carbons (Fsp3) is 0.636. The monoisotopic (exact) mass is 354 g/mol. The molecule has 1 aromatic rings. The topological polar surface area (TPSA) is 49.4 Å². The zero-order chi connectivity index (χ0) is 13.8. The van der Waals surface area contributed by atoms with Crippen molar-refractivity contribution < 1.29 is 8.42 Å². The first-order valence-electron chi connectivity index (χ1n) is 5.88. The van der Waals surface area contributed by atoms with Gasteiger partial charge in [0.25, 0.3) is 0 Å². The Morgan fingerprint density at radius 2 is 2.11 bits per heavy atom. The Labute approximate surface area is 122 Å². The minimum atomic E-state index is -3.37. The van der Waals surface area contributed by atoms with Crippen molar-refractivity contribution >= 4 is 37.3 Å². The van der Waals surface area contributed by atoms with E-state index in [-0.39, 0.29) is 0 Å². The molecule has 0 fully saturated rings. The molecule has 0 unspecified atom stereocenters. The van der Waals surface area contributed by atoms with Crippen LogP contribution in [0.1, 0.15) is 25.1 Å². The molecule has 1 heterocycles. The van der Waals surface area contributed by atoms with Gasteiger partial charge in [0.05, 0.1) is 3.79 Å². The Kier molecular flexibility index (Phi) is 6.26. The normalized spacial score (nSPS) is 12.3. The van der Waals surface area contributed by atoms with Crippen LogP contribution >= 0.6 is 27.3 Å². The summed E-state index contributed by atoms with van der Waals surface area (Å²) in [5.41, 5.74) is 0. The molecule has 0 amide bonds. The lowest BCUT2D eigenvalue weighted by Crippen LogP contribution is -2.27. The van der Waals surface area contributed by atoms with E-state index in [1.54, 1.807) is 13.1 Å². The highest BCUT2D eigenvalue weighted by atomic mass is 79.9. The molecule has 0 saturated carbocycles. The van der Waals surface area contributed by atoms with Crippen LogP contribution in [-0.4, -0.2) is 32.9 Å². The van der Waals surface area contributed by atoms with Crippen molar-refractivity contribution in [2.45, 2.75) is 31.7 Å². The average Bonchev–Trinajstić information content (AvgIpc) is 2.69. The van der Waals surface area contributed by atoms with Gasteiger partial charge in [-0.2, -0.15) is 0 Å². The van der Waals surface area contributed by atoms with Gasteiger partial charge in [-0.25, -0.2) is 12.7 Å². The van der Waals surface area contributed by atoms with E-state index in [0.29, 0.717) is 21.8 Å². The Hall–Kier alpha value is 0.0500. The van der Waals surface area contributed by atoms with Gasteiger partial charge in [0.1, 0.15) is 4.90 Å². The Balaban J connectivity index is 2.98. The molecule has 104 valence electrons. The lowest BCUT2D eigenvalue weighted by Gasteiger charge is -2.15. The van der Waals surface area contributed by atoms with E-state index < -0.39 is 10.0 Å². The predicted molar refractivity (Wildman–Crippen MR) is 79.5 cm³/mol. The number of hydrogen-bond donors (Lipinski definition) is 1. The van der Waals surface area contributed by atoms with E-state index in [4.69, 9.17) is 0 Å². The van der Waals surface area contributed by atoms with Gasteiger partial charge in [-0.05, 0) is 35.0 Å². The highest BCUT2D eigenvalue weighted by Gasteiger charge is 2.24. The van der Waals surface area contributed by atoms with Gasteiger partial charge in [-0.3, -0.25) is 0 Å². The second-order valence-electron chi connectivity index (χ2n) is 3.96. The van der Waals surface area contributed by atoms with Crippen molar-refractivity contribution in [2.75, 3.05) is 20.1 Å². The second-order valence-corrected chi connectivity index (χ2v) is 8.43. The van der Waals surface area contributed by atoms with Gasteiger partial charge >= 0.3 is 0 Å². The Morgan fingerprint density at radius 1 is 1.44 bits per heavy atom. The molecular formula is C11H19BrN2O2S2. The molecule has 1 rings (SSSR count). The van der Waals surface area contributed by atoms with Crippen molar-refractivity contribution in [1.29, 1.82) is 0 Å². The van der Waals surface area contributed by atoms with Crippen LogP contribution in [-0.2, 0) is 16.6 Å². The Bertz CT molecular complexity index is 485. The first-order valence-corrected chi connectivity index (χ1v) is 8.93. The van der Waals surface area contributed by atoms with Crippen LogP contribution in [0.4, 0.5) is 0 Å². The van der Waals surface area contributed by atoms with Crippen LogP contribution in [0.5, 0.6) is 0 Å². The number of hydrogen-bond acceptors (Lipinski definition) is 4. The maximum Gasteiger partial charge on any atom is 0.244 e. The molecule has 0 saturated heterocycles. The summed E-state index contributed by atoms with van der Waals surface area (Å²) in [5, 5.41) is 3.19. The van der Waals surface area contributed by atoms with Gasteiger partial charge in [-0.15, -0.1) is 11.3 Å². The van der Waals surface area contributed by atoms with Crippen molar-refractivity contribution in [3.05, 3.63) is 14.7 Å². The van der Waals surface area contributed by atoms with Crippen molar-refractivity contribution in [1.82, 2.24) is 9.62 Å². The van der Waals surface area contributed by atoms with Gasteiger partial charge in [-0.1, -0.05) is 13.8 Å². The van der Waals surface area contributed by atoms with Gasteiger partial charge in [0.2, 0.25) is 10.0 Å². The molecule has 0 bridgehead atoms. The molecular weight excluding hydrogens is 336 g/mol. The van der Waals surface area contributed by atoms with Crippen molar-refractivity contribution in [2.24, 2.45) is 0 Å². The standard InChI is InChI=1S/C11H19BrN2O2S2/c1-4-6-14(3)18(15,16)10-7-9(8-13-5-2)17-11(10)12/h7,13H,4-6,8H2,1-3H3. The third-order valence-electron chi connectivity index (χ3n) is 2.48. The number of thiophene rings is 1. The van der Waals surface area contributed by atoms with E-state index in [1.165, 1.54) is 15.6 Å². The van der Waals surface area contributed by atoms with Crippen molar-refractivity contribution in [3.63, 3.8) is 0 Å². The summed E-state index contributed by atoms with van der Waals surface area (Å²) in [5.74, 6) is 0. The van der Waals surface area contributed by atoms with Crippen LogP contribution in [0.2, 0.25) is 0 Å². The van der Waals surface area contributed by atoms with Crippen LogP contribution in [0.25, 0.3) is 0 Å². The third kappa shape index (κ3) is 3.77. The average molecular weight is 355 g/mol. The van der Waals surface area contributed by atoms with Crippen LogP contribution in [0.15, 0.2) is 14.7 Å². The molecule has 7 heteroatoms. The van der Waals surface area contributed by atoms with Crippen LogP contribution in [0, 0.1) is 0 Å². The van der Waals surface area contributed by atoms with E-state index in [9.17, 15) is 8.42 Å². The minimum absolute atomic E-state index is 0.372. The molecule has 0 aliphatic heterocycles. The molecule has 0 aliphatic carbocycles. The van der Waals surface area contributed by atoms with Gasteiger partial charge in [0, 0.05) is 25.0 Å². The first-order chi connectivity index (χ1) is 8.43. The number of halogens is 1. The van der Waals surface area contributed by atoms with Crippen molar-refractivity contribution in [3.8, 4) is 0 Å². The quantitative estimate of drug-likeness (QED) is 0.818. The molecule has 1 aromatic heterocycles. The fourth-order valence-electron chi connectivity index (χ4n) is 1.51. The Morgan fingerprint density at radius 3 is 2.67 bits per heavy atom. The van der Waals surface area contributed by atoms with E-state index >= 15 is 0 Å². The summed E-state index contributed by atoms with van der Waals surface area (Å²) in [6.07, 6.45) is 0.807. The summed E-state index contributed by atoms with van der Waals surface area (Å²) in [6, 6.07) is 1.75. The van der Waals surface area contributed by atoms with E-state index in [1.807, 2.05) is 13.8 Å². The second kappa shape index (κ2) is 7.00. The highest BCUT2D eigenvalue weighted by molar-refractivity contribution is 9.11. The van der Waals surface area contributed by atoms with E-state index in [0.717, 1.165) is 17.8 Å². The molecule has 1 N–H and O–H groups in total. The summed E-state index contributed by atoms with van der Waals surface area (Å²) in [7, 11) is -1.75. The van der Waals surface area contributed by atoms with Gasteiger partial charge in [0.15, 0.2) is 0 Å². The molecule has 18 heavy (non-hydrogen) atoms. The van der Waals surface area contributed by atoms with Crippen LogP contribution < -0.4 is 5.32 Å². The number of nitrogens with zero attached hydrogens (tertiary/aromatic N) is 1. The van der Waals surface area contributed by atoms with Gasteiger partial charge < -0.3 is 5.32 Å². The summed E-state index contributed by atoms with van der Waals surface area (Å²) in [4.78, 5) is 1.39. The molecule has 4 nitrogen and oxygen atoms in total. The summed E-state index contributed by atoms with van der Waals surface area (Å²) in [6.45, 7) is 6.09. The molecule has 0 aliphatic rings. The molecule has 0 radical (unpaired) electrons. The highest BCUT2D eigenvalue weighted by Crippen LogP contribution is 2.33. The lowest BCUT2D eigenvalue weighted by atomic mass is 10.4. The zero-order valence-corrected chi connectivity index (χ0v) is 14.1. The first kappa shape index (κ1) is 16.1.